The van der Waals surface area contributed by atoms with E-state index >= 15 is 0 Å². The van der Waals surface area contributed by atoms with Gasteiger partial charge in [0.2, 0.25) is 10.0 Å². The highest BCUT2D eigenvalue weighted by molar-refractivity contribution is 9.10. The van der Waals surface area contributed by atoms with Gasteiger partial charge in [-0.25, -0.2) is 13.1 Å². The number of nitrogens with one attached hydrogen (secondary N) is 2. The molecule has 0 saturated heterocycles. The topological polar surface area (TPSA) is 58.2 Å². The molecular formula is C10H13BrCl2N2O2S. The second-order valence-electron chi connectivity index (χ2n) is 3.74. The molecule has 0 aromatic heterocycles. The second kappa shape index (κ2) is 6.54. The van der Waals surface area contributed by atoms with Gasteiger partial charge in [0.05, 0.1) is 10.0 Å². The number of likely N-dealkylation sites (N-methyl/N-ethyl adjacent to an activating group) is 1. The fourth-order valence-corrected chi connectivity index (χ4v) is 3.52. The highest BCUT2D eigenvalue weighted by Crippen LogP contribution is 2.31. The summed E-state index contributed by atoms with van der Waals surface area (Å²) in [5, 5.41) is 3.39. The average Bonchev–Trinajstić information content (AvgIpc) is 2.30. The molecule has 0 aliphatic heterocycles. The van der Waals surface area contributed by atoms with Crippen LogP contribution in [-0.4, -0.2) is 28.1 Å². The standard InChI is InChI=1S/C10H13BrCl2N2O2S/c1-6(14-2)5-15-18(16,17)10-3-7(11)8(12)4-9(10)13/h3-4,6,14-15H,5H2,1-2H3. The first-order valence-corrected chi connectivity index (χ1v) is 8.12. The molecular weight excluding hydrogens is 363 g/mol. The zero-order valence-electron chi connectivity index (χ0n) is 9.80. The van der Waals surface area contributed by atoms with Gasteiger partial charge in [0.1, 0.15) is 4.90 Å². The van der Waals surface area contributed by atoms with E-state index in [-0.39, 0.29) is 22.5 Å². The normalized spacial score (nSPS) is 13.6. The van der Waals surface area contributed by atoms with Crippen molar-refractivity contribution >= 4 is 49.2 Å². The third-order valence-corrected chi connectivity index (χ3v) is 5.42. The van der Waals surface area contributed by atoms with Crippen LogP contribution in [0.3, 0.4) is 0 Å². The van der Waals surface area contributed by atoms with Crippen LogP contribution in [0.2, 0.25) is 10.0 Å². The van der Waals surface area contributed by atoms with Crippen LogP contribution in [0, 0.1) is 0 Å². The van der Waals surface area contributed by atoms with E-state index in [4.69, 9.17) is 23.2 Å². The van der Waals surface area contributed by atoms with E-state index in [9.17, 15) is 8.42 Å². The Morgan fingerprint density at radius 1 is 1.33 bits per heavy atom. The van der Waals surface area contributed by atoms with Crippen LogP contribution in [0.15, 0.2) is 21.5 Å². The molecule has 0 bridgehead atoms. The Kier molecular flexibility index (Phi) is 5.89. The fraction of sp³-hybridized carbons (Fsp3) is 0.400. The van der Waals surface area contributed by atoms with Gasteiger partial charge in [-0.2, -0.15) is 0 Å². The van der Waals surface area contributed by atoms with Gasteiger partial charge in [-0.3, -0.25) is 0 Å². The van der Waals surface area contributed by atoms with Gasteiger partial charge in [-0.05, 0) is 42.0 Å². The first-order chi connectivity index (χ1) is 8.27. The first-order valence-electron chi connectivity index (χ1n) is 5.09. The van der Waals surface area contributed by atoms with Crippen LogP contribution in [0.5, 0.6) is 0 Å². The lowest BCUT2D eigenvalue weighted by molar-refractivity contribution is 0.554. The van der Waals surface area contributed by atoms with E-state index in [1.807, 2.05) is 6.92 Å². The lowest BCUT2D eigenvalue weighted by Crippen LogP contribution is -2.37. The van der Waals surface area contributed by atoms with Crippen LogP contribution in [0.1, 0.15) is 6.92 Å². The minimum atomic E-state index is -3.65. The molecule has 1 unspecified atom stereocenters. The van der Waals surface area contributed by atoms with Crippen molar-refractivity contribution in [2.45, 2.75) is 17.9 Å². The Bertz CT molecular complexity index is 537. The molecule has 8 heteroatoms. The predicted molar refractivity (Wildman–Crippen MR) is 77.9 cm³/mol. The molecule has 2 N–H and O–H groups in total. The molecule has 0 heterocycles. The smallest absolute Gasteiger partial charge is 0.242 e. The molecule has 18 heavy (non-hydrogen) atoms. The van der Waals surface area contributed by atoms with E-state index in [2.05, 4.69) is 26.0 Å². The molecule has 102 valence electrons. The summed E-state index contributed by atoms with van der Waals surface area (Å²) in [5.41, 5.74) is 0. The summed E-state index contributed by atoms with van der Waals surface area (Å²) in [7, 11) is -1.89. The van der Waals surface area contributed by atoms with Crippen LogP contribution in [0.25, 0.3) is 0 Å². The number of hydrogen-bond acceptors (Lipinski definition) is 3. The molecule has 0 aliphatic carbocycles. The van der Waals surface area contributed by atoms with Crippen LogP contribution < -0.4 is 10.0 Å². The van der Waals surface area contributed by atoms with Crippen LogP contribution >= 0.6 is 39.1 Å². The number of benzene rings is 1. The van der Waals surface area contributed by atoms with Gasteiger partial charge in [0.25, 0.3) is 0 Å². The van der Waals surface area contributed by atoms with E-state index < -0.39 is 10.0 Å². The van der Waals surface area contributed by atoms with Gasteiger partial charge in [-0.1, -0.05) is 23.2 Å². The molecule has 1 aromatic rings. The van der Waals surface area contributed by atoms with E-state index in [1.54, 1.807) is 7.05 Å². The van der Waals surface area contributed by atoms with Crippen LogP contribution in [-0.2, 0) is 10.0 Å². The Hall–Kier alpha value is 0.150. The summed E-state index contributed by atoms with van der Waals surface area (Å²) in [6.45, 7) is 2.14. The molecule has 0 spiro atoms. The number of rotatable bonds is 5. The van der Waals surface area contributed by atoms with Crippen molar-refractivity contribution in [1.29, 1.82) is 0 Å². The highest BCUT2D eigenvalue weighted by Gasteiger charge is 2.20. The minimum Gasteiger partial charge on any atom is -0.316 e. The largest absolute Gasteiger partial charge is 0.316 e. The molecule has 0 amide bonds. The molecule has 0 aliphatic rings. The molecule has 1 atom stereocenters. The van der Waals surface area contributed by atoms with E-state index in [1.165, 1.54) is 12.1 Å². The summed E-state index contributed by atoms with van der Waals surface area (Å²) in [6, 6.07) is 2.80. The van der Waals surface area contributed by atoms with Gasteiger partial charge in [0.15, 0.2) is 0 Å². The monoisotopic (exact) mass is 374 g/mol. The highest BCUT2D eigenvalue weighted by atomic mass is 79.9. The Balaban J connectivity index is 3.02. The zero-order chi connectivity index (χ0) is 13.9. The molecule has 0 radical (unpaired) electrons. The molecule has 0 saturated carbocycles. The quantitative estimate of drug-likeness (QED) is 0.777. The fourth-order valence-electron chi connectivity index (χ4n) is 1.12. The lowest BCUT2D eigenvalue weighted by atomic mass is 10.4. The van der Waals surface area contributed by atoms with Gasteiger partial charge >= 0.3 is 0 Å². The maximum absolute atomic E-state index is 12.0. The predicted octanol–water partition coefficient (Wildman–Crippen LogP) is 2.64. The second-order valence-corrected chi connectivity index (χ2v) is 7.14. The third-order valence-electron chi connectivity index (χ3n) is 2.34. The molecule has 4 nitrogen and oxygen atoms in total. The van der Waals surface area contributed by atoms with Gasteiger partial charge < -0.3 is 5.32 Å². The van der Waals surface area contributed by atoms with Gasteiger partial charge in [0, 0.05) is 17.1 Å². The van der Waals surface area contributed by atoms with Crippen molar-refractivity contribution in [3.63, 3.8) is 0 Å². The van der Waals surface area contributed by atoms with Crippen LogP contribution in [0.4, 0.5) is 0 Å². The van der Waals surface area contributed by atoms with E-state index in [0.717, 1.165) is 0 Å². The summed E-state index contributed by atoms with van der Waals surface area (Å²) >= 11 is 14.9. The Morgan fingerprint density at radius 3 is 2.50 bits per heavy atom. The summed E-state index contributed by atoms with van der Waals surface area (Å²) in [4.78, 5) is 0.00347. The summed E-state index contributed by atoms with van der Waals surface area (Å²) < 4.78 is 27.1. The number of hydrogen-bond donors (Lipinski definition) is 2. The van der Waals surface area contributed by atoms with Crippen molar-refractivity contribution in [3.05, 3.63) is 26.7 Å². The van der Waals surface area contributed by atoms with Crippen molar-refractivity contribution in [2.75, 3.05) is 13.6 Å². The molecule has 1 aromatic carbocycles. The third kappa shape index (κ3) is 4.08. The molecule has 1 rings (SSSR count). The maximum atomic E-state index is 12.0. The average molecular weight is 376 g/mol. The maximum Gasteiger partial charge on any atom is 0.242 e. The summed E-state index contributed by atoms with van der Waals surface area (Å²) in [6.07, 6.45) is 0. The van der Waals surface area contributed by atoms with Crippen molar-refractivity contribution in [1.82, 2.24) is 10.0 Å². The Morgan fingerprint density at radius 2 is 1.94 bits per heavy atom. The van der Waals surface area contributed by atoms with Crippen molar-refractivity contribution < 1.29 is 8.42 Å². The summed E-state index contributed by atoms with van der Waals surface area (Å²) in [5.74, 6) is 0. The van der Waals surface area contributed by atoms with Crippen molar-refractivity contribution in [3.8, 4) is 0 Å². The zero-order valence-corrected chi connectivity index (χ0v) is 13.7. The van der Waals surface area contributed by atoms with Gasteiger partial charge in [-0.15, -0.1) is 0 Å². The SMILES string of the molecule is CNC(C)CNS(=O)(=O)c1cc(Br)c(Cl)cc1Cl. The minimum absolute atomic E-state index is 0.00347. The van der Waals surface area contributed by atoms with Crippen molar-refractivity contribution in [2.24, 2.45) is 0 Å². The lowest BCUT2D eigenvalue weighted by Gasteiger charge is -2.13. The first kappa shape index (κ1) is 16.2. The number of halogens is 3. The van der Waals surface area contributed by atoms with E-state index in [0.29, 0.717) is 9.50 Å². The number of sulfonamides is 1. The Labute approximate surface area is 125 Å². The molecule has 0 fully saturated rings.